The number of urea groups is 1. The van der Waals surface area contributed by atoms with Crippen LogP contribution < -0.4 is 15.4 Å². The molecule has 0 aliphatic carbocycles. The minimum atomic E-state index is -0.732. The summed E-state index contributed by atoms with van der Waals surface area (Å²) >= 11 is 0. The van der Waals surface area contributed by atoms with Crippen molar-refractivity contribution in [1.29, 1.82) is 0 Å². The molecule has 1 aromatic carbocycles. The lowest BCUT2D eigenvalue weighted by molar-refractivity contribution is -0.150. The molecular weight excluding hydrogens is 276 g/mol. The van der Waals surface area contributed by atoms with Gasteiger partial charge in [-0.15, -0.1) is 6.58 Å². The lowest BCUT2D eigenvalue weighted by Crippen LogP contribution is -2.41. The minimum Gasteiger partial charge on any atom is -0.482 e. The summed E-state index contributed by atoms with van der Waals surface area (Å²) in [6, 6.07) is 8.02. The lowest BCUT2D eigenvalue weighted by Gasteiger charge is -2.07. The normalized spacial score (nSPS) is 9.33. The van der Waals surface area contributed by atoms with Crippen LogP contribution in [0.4, 0.5) is 4.79 Å². The van der Waals surface area contributed by atoms with E-state index in [-0.39, 0.29) is 13.2 Å². The van der Waals surface area contributed by atoms with Crippen molar-refractivity contribution in [1.82, 2.24) is 10.6 Å². The van der Waals surface area contributed by atoms with Gasteiger partial charge in [0.05, 0.1) is 0 Å². The number of benzene rings is 1. The monoisotopic (exact) mass is 292 g/mol. The van der Waals surface area contributed by atoms with E-state index in [1.54, 1.807) is 24.3 Å². The first-order valence-corrected chi connectivity index (χ1v) is 6.14. The Balaban J connectivity index is 2.19. The molecule has 0 saturated carbocycles. The standard InChI is InChI=1S/C14H16N2O5/c1-2-8-15-14(19)16-12(17)9-21-13(18)10-20-11-6-4-3-5-7-11/h2-7H,1,8-10H2,(H2,15,16,17,19). The van der Waals surface area contributed by atoms with Crippen molar-refractivity contribution < 1.29 is 23.9 Å². The van der Waals surface area contributed by atoms with Crippen molar-refractivity contribution in [3.63, 3.8) is 0 Å². The number of imide groups is 1. The van der Waals surface area contributed by atoms with Crippen molar-refractivity contribution in [2.24, 2.45) is 0 Å². The van der Waals surface area contributed by atoms with Crippen LogP contribution in [0.1, 0.15) is 0 Å². The Hall–Kier alpha value is -2.83. The Kier molecular flexibility index (Phi) is 7.06. The largest absolute Gasteiger partial charge is 0.482 e. The minimum absolute atomic E-state index is 0.226. The summed E-state index contributed by atoms with van der Waals surface area (Å²) in [5.74, 6) is -0.923. The molecule has 0 unspecified atom stereocenters. The molecule has 7 nitrogen and oxygen atoms in total. The first kappa shape index (κ1) is 16.2. The second-order valence-corrected chi connectivity index (χ2v) is 3.81. The van der Waals surface area contributed by atoms with Crippen LogP contribution >= 0.6 is 0 Å². The molecule has 112 valence electrons. The molecule has 0 spiro atoms. The number of hydrogen-bond acceptors (Lipinski definition) is 5. The van der Waals surface area contributed by atoms with E-state index < -0.39 is 24.5 Å². The molecule has 0 aromatic heterocycles. The van der Waals surface area contributed by atoms with Crippen LogP contribution in [0.3, 0.4) is 0 Å². The molecule has 21 heavy (non-hydrogen) atoms. The summed E-state index contributed by atoms with van der Waals surface area (Å²) in [6.07, 6.45) is 1.46. The van der Waals surface area contributed by atoms with Crippen molar-refractivity contribution >= 4 is 17.9 Å². The Morgan fingerprint density at radius 3 is 2.52 bits per heavy atom. The zero-order chi connectivity index (χ0) is 15.5. The van der Waals surface area contributed by atoms with Gasteiger partial charge in [-0.3, -0.25) is 10.1 Å². The van der Waals surface area contributed by atoms with Gasteiger partial charge in [0, 0.05) is 6.54 Å². The Labute approximate surface area is 121 Å². The molecule has 1 rings (SSSR count). The number of carbonyl (C=O) groups is 3. The third-order valence-corrected chi connectivity index (χ3v) is 2.12. The number of carbonyl (C=O) groups excluding carboxylic acids is 3. The van der Waals surface area contributed by atoms with Crippen molar-refractivity contribution in [2.45, 2.75) is 0 Å². The highest BCUT2D eigenvalue weighted by atomic mass is 16.6. The number of hydrogen-bond donors (Lipinski definition) is 2. The molecule has 2 N–H and O–H groups in total. The zero-order valence-corrected chi connectivity index (χ0v) is 11.3. The lowest BCUT2D eigenvalue weighted by atomic mass is 10.3. The molecule has 0 fully saturated rings. The van der Waals surface area contributed by atoms with Gasteiger partial charge in [0.1, 0.15) is 5.75 Å². The van der Waals surface area contributed by atoms with Crippen LogP contribution in [0, 0.1) is 0 Å². The molecule has 1 aromatic rings. The summed E-state index contributed by atoms with van der Waals surface area (Å²) in [5.41, 5.74) is 0. The van der Waals surface area contributed by atoms with E-state index in [9.17, 15) is 14.4 Å². The molecule has 0 saturated heterocycles. The fourth-order valence-electron chi connectivity index (χ4n) is 1.22. The van der Waals surface area contributed by atoms with Crippen molar-refractivity contribution in [3.05, 3.63) is 43.0 Å². The predicted molar refractivity (Wildman–Crippen MR) is 74.6 cm³/mol. The fraction of sp³-hybridized carbons (Fsp3) is 0.214. The number of amides is 3. The van der Waals surface area contributed by atoms with Crippen molar-refractivity contribution in [2.75, 3.05) is 19.8 Å². The highest BCUT2D eigenvalue weighted by Crippen LogP contribution is 2.07. The van der Waals surface area contributed by atoms with Gasteiger partial charge in [-0.1, -0.05) is 24.3 Å². The highest BCUT2D eigenvalue weighted by molar-refractivity contribution is 5.95. The second kappa shape index (κ2) is 9.13. The fourth-order valence-corrected chi connectivity index (χ4v) is 1.22. The Morgan fingerprint density at radius 2 is 1.86 bits per heavy atom. The summed E-state index contributed by atoms with van der Waals surface area (Å²) in [5, 5.41) is 4.33. The summed E-state index contributed by atoms with van der Waals surface area (Å²) in [4.78, 5) is 33.7. The van der Waals surface area contributed by atoms with Crippen molar-refractivity contribution in [3.8, 4) is 5.75 Å². The van der Waals surface area contributed by atoms with E-state index in [1.807, 2.05) is 11.4 Å². The van der Waals surface area contributed by atoms with E-state index in [0.29, 0.717) is 5.75 Å². The van der Waals surface area contributed by atoms with Crippen LogP contribution in [-0.4, -0.2) is 37.7 Å². The maximum atomic E-state index is 11.3. The second-order valence-electron chi connectivity index (χ2n) is 3.81. The summed E-state index contributed by atoms with van der Waals surface area (Å²) in [7, 11) is 0. The van der Waals surface area contributed by atoms with Gasteiger partial charge in [0.2, 0.25) is 0 Å². The van der Waals surface area contributed by atoms with Gasteiger partial charge in [-0.2, -0.15) is 0 Å². The van der Waals surface area contributed by atoms with Crippen LogP contribution in [0.25, 0.3) is 0 Å². The number of esters is 1. The topological polar surface area (TPSA) is 93.7 Å². The molecule has 7 heteroatoms. The average Bonchev–Trinajstić information content (AvgIpc) is 2.50. The molecular formula is C14H16N2O5. The van der Waals surface area contributed by atoms with Gasteiger partial charge >= 0.3 is 12.0 Å². The van der Waals surface area contributed by atoms with E-state index in [0.717, 1.165) is 0 Å². The number of para-hydroxylation sites is 1. The van der Waals surface area contributed by atoms with E-state index >= 15 is 0 Å². The van der Waals surface area contributed by atoms with Gasteiger partial charge in [-0.05, 0) is 12.1 Å². The van der Waals surface area contributed by atoms with Gasteiger partial charge in [-0.25, -0.2) is 9.59 Å². The van der Waals surface area contributed by atoms with E-state index in [4.69, 9.17) is 4.74 Å². The number of nitrogens with one attached hydrogen (secondary N) is 2. The Morgan fingerprint density at radius 1 is 1.14 bits per heavy atom. The third-order valence-electron chi connectivity index (χ3n) is 2.12. The third kappa shape index (κ3) is 7.36. The van der Waals surface area contributed by atoms with Gasteiger partial charge in [0.15, 0.2) is 13.2 Å². The van der Waals surface area contributed by atoms with E-state index in [1.165, 1.54) is 6.08 Å². The first-order valence-electron chi connectivity index (χ1n) is 6.14. The quantitative estimate of drug-likeness (QED) is 0.567. The molecule has 0 radical (unpaired) electrons. The molecule has 0 aliphatic rings. The zero-order valence-electron chi connectivity index (χ0n) is 11.3. The molecule has 0 atom stereocenters. The summed E-state index contributed by atoms with van der Waals surface area (Å²) < 4.78 is 9.79. The van der Waals surface area contributed by atoms with Crippen LogP contribution in [-0.2, 0) is 14.3 Å². The molecule has 0 heterocycles. The van der Waals surface area contributed by atoms with Gasteiger partial charge in [0.25, 0.3) is 5.91 Å². The van der Waals surface area contributed by atoms with Crippen LogP contribution in [0.2, 0.25) is 0 Å². The highest BCUT2D eigenvalue weighted by Gasteiger charge is 2.10. The van der Waals surface area contributed by atoms with Crippen LogP contribution in [0.15, 0.2) is 43.0 Å². The van der Waals surface area contributed by atoms with Crippen LogP contribution in [0.5, 0.6) is 5.75 Å². The Bertz CT molecular complexity index is 501. The maximum absolute atomic E-state index is 11.3. The molecule has 0 bridgehead atoms. The first-order chi connectivity index (χ1) is 10.1. The maximum Gasteiger partial charge on any atom is 0.344 e. The average molecular weight is 292 g/mol. The molecule has 3 amide bonds. The van der Waals surface area contributed by atoms with Gasteiger partial charge < -0.3 is 14.8 Å². The smallest absolute Gasteiger partial charge is 0.344 e. The molecule has 0 aliphatic heterocycles. The summed E-state index contributed by atoms with van der Waals surface area (Å²) in [6.45, 7) is 2.76. The number of rotatable bonds is 7. The van der Waals surface area contributed by atoms with E-state index in [2.05, 4.69) is 16.6 Å². The number of ether oxygens (including phenoxy) is 2. The predicted octanol–water partition coefficient (Wildman–Crippen LogP) is 0.620. The SMILES string of the molecule is C=CCNC(=O)NC(=O)COC(=O)COc1ccccc1.